The summed E-state index contributed by atoms with van der Waals surface area (Å²) in [5, 5.41) is 0. The zero-order valence-electron chi connectivity index (χ0n) is 8.28. The summed E-state index contributed by atoms with van der Waals surface area (Å²) in [6, 6.07) is 8.59. The average molecular weight is 192 g/mol. The first-order chi connectivity index (χ1) is 6.92. The zero-order chi connectivity index (χ0) is 9.80. The largest absolute Gasteiger partial charge is 0.371 e. The first-order valence-electron chi connectivity index (χ1n) is 5.06. The first kappa shape index (κ1) is 9.49. The molecule has 2 rings (SSSR count). The summed E-state index contributed by atoms with van der Waals surface area (Å²) in [5.74, 6) is 4.99. The third kappa shape index (κ3) is 1.89. The van der Waals surface area contributed by atoms with E-state index in [1.165, 1.54) is 17.7 Å². The molecule has 76 valence electrons. The van der Waals surface area contributed by atoms with Crippen molar-refractivity contribution in [3.63, 3.8) is 0 Å². The molecule has 0 spiro atoms. The van der Waals surface area contributed by atoms with E-state index in [4.69, 9.17) is 5.90 Å². The van der Waals surface area contributed by atoms with Gasteiger partial charge in [-0.1, -0.05) is 18.2 Å². The Morgan fingerprint density at radius 2 is 2.21 bits per heavy atom. The number of hydrogen-bond donors (Lipinski definition) is 1. The lowest BCUT2D eigenvalue weighted by Crippen LogP contribution is -2.23. The molecule has 1 aromatic carbocycles. The predicted octanol–water partition coefficient (Wildman–Crippen LogP) is 1.33. The second-order valence-corrected chi connectivity index (χ2v) is 3.59. The van der Waals surface area contributed by atoms with Crippen molar-refractivity contribution in [2.45, 2.75) is 12.8 Å². The van der Waals surface area contributed by atoms with Crippen molar-refractivity contribution in [2.24, 2.45) is 5.90 Å². The monoisotopic (exact) mass is 192 g/mol. The first-order valence-corrected chi connectivity index (χ1v) is 5.06. The van der Waals surface area contributed by atoms with Crippen LogP contribution < -0.4 is 10.8 Å². The van der Waals surface area contributed by atoms with Crippen LogP contribution in [0.2, 0.25) is 0 Å². The minimum atomic E-state index is 0.638. The molecular weight excluding hydrogens is 176 g/mol. The summed E-state index contributed by atoms with van der Waals surface area (Å²) >= 11 is 0. The minimum Gasteiger partial charge on any atom is -0.371 e. The molecule has 1 heterocycles. The van der Waals surface area contributed by atoms with Crippen LogP contribution in [0.1, 0.15) is 12.0 Å². The molecule has 1 aliphatic rings. The second-order valence-electron chi connectivity index (χ2n) is 3.59. The highest BCUT2D eigenvalue weighted by atomic mass is 16.6. The lowest BCUT2D eigenvalue weighted by molar-refractivity contribution is 0.136. The van der Waals surface area contributed by atoms with Gasteiger partial charge in [-0.25, -0.2) is 5.90 Å². The van der Waals surface area contributed by atoms with E-state index in [2.05, 4.69) is 34.0 Å². The van der Waals surface area contributed by atoms with Gasteiger partial charge in [0.05, 0.1) is 6.61 Å². The van der Waals surface area contributed by atoms with E-state index in [1.807, 2.05) is 0 Å². The maximum absolute atomic E-state index is 4.99. The summed E-state index contributed by atoms with van der Waals surface area (Å²) < 4.78 is 0. The molecule has 0 saturated heterocycles. The van der Waals surface area contributed by atoms with Crippen molar-refractivity contribution in [1.82, 2.24) is 0 Å². The number of benzene rings is 1. The van der Waals surface area contributed by atoms with Gasteiger partial charge in [-0.2, -0.15) is 0 Å². The summed E-state index contributed by atoms with van der Waals surface area (Å²) in [5.41, 5.74) is 2.84. The van der Waals surface area contributed by atoms with Gasteiger partial charge < -0.3 is 9.74 Å². The van der Waals surface area contributed by atoms with E-state index in [0.29, 0.717) is 6.61 Å². The third-order valence-electron chi connectivity index (χ3n) is 2.67. The van der Waals surface area contributed by atoms with Crippen molar-refractivity contribution in [3.8, 4) is 0 Å². The van der Waals surface area contributed by atoms with Crippen molar-refractivity contribution >= 4 is 5.69 Å². The van der Waals surface area contributed by atoms with Gasteiger partial charge in [0.2, 0.25) is 0 Å². The standard InChI is InChI=1S/C11H16N2O/c12-14-9-3-7-13-8-6-10-4-1-2-5-11(10)13/h1-2,4-5H,3,6-9,12H2. The highest BCUT2D eigenvalue weighted by Gasteiger charge is 2.16. The topological polar surface area (TPSA) is 38.5 Å². The Morgan fingerprint density at radius 1 is 1.36 bits per heavy atom. The van der Waals surface area contributed by atoms with Gasteiger partial charge in [-0.05, 0) is 24.5 Å². The highest BCUT2D eigenvalue weighted by molar-refractivity contribution is 5.57. The fourth-order valence-corrected chi connectivity index (χ4v) is 1.98. The molecule has 0 amide bonds. The fourth-order valence-electron chi connectivity index (χ4n) is 1.98. The molecule has 0 saturated carbocycles. The van der Waals surface area contributed by atoms with Crippen LogP contribution in [-0.2, 0) is 11.3 Å². The van der Waals surface area contributed by atoms with Crippen molar-refractivity contribution in [3.05, 3.63) is 29.8 Å². The van der Waals surface area contributed by atoms with Gasteiger partial charge in [0, 0.05) is 18.8 Å². The number of anilines is 1. The number of para-hydroxylation sites is 1. The van der Waals surface area contributed by atoms with E-state index in [9.17, 15) is 0 Å². The Hall–Kier alpha value is -1.06. The predicted molar refractivity (Wildman–Crippen MR) is 57.1 cm³/mol. The summed E-state index contributed by atoms with van der Waals surface area (Å²) in [7, 11) is 0. The van der Waals surface area contributed by atoms with E-state index in [0.717, 1.165) is 19.5 Å². The number of rotatable bonds is 4. The lowest BCUT2D eigenvalue weighted by atomic mass is 10.2. The molecule has 0 aromatic heterocycles. The highest BCUT2D eigenvalue weighted by Crippen LogP contribution is 2.27. The molecule has 0 bridgehead atoms. The average Bonchev–Trinajstić information content (AvgIpc) is 2.63. The van der Waals surface area contributed by atoms with Crippen LogP contribution in [0.3, 0.4) is 0 Å². The fraction of sp³-hybridized carbons (Fsp3) is 0.455. The molecule has 0 atom stereocenters. The second kappa shape index (κ2) is 4.44. The molecule has 3 heteroatoms. The molecule has 1 aliphatic heterocycles. The molecule has 0 aliphatic carbocycles. The lowest BCUT2D eigenvalue weighted by Gasteiger charge is -2.18. The van der Waals surface area contributed by atoms with E-state index in [1.54, 1.807) is 0 Å². The van der Waals surface area contributed by atoms with Crippen LogP contribution in [0.4, 0.5) is 5.69 Å². The summed E-state index contributed by atoms with van der Waals surface area (Å²) in [4.78, 5) is 6.96. The number of fused-ring (bicyclic) bond motifs is 1. The van der Waals surface area contributed by atoms with Gasteiger partial charge in [0.15, 0.2) is 0 Å². The van der Waals surface area contributed by atoms with Crippen LogP contribution in [0.5, 0.6) is 0 Å². The number of nitrogens with two attached hydrogens (primary N) is 1. The van der Waals surface area contributed by atoms with Crippen LogP contribution >= 0.6 is 0 Å². The van der Waals surface area contributed by atoms with E-state index >= 15 is 0 Å². The summed E-state index contributed by atoms with van der Waals surface area (Å²) in [6.45, 7) is 2.80. The quantitative estimate of drug-likeness (QED) is 0.577. The molecule has 2 N–H and O–H groups in total. The molecule has 0 radical (unpaired) electrons. The number of nitrogens with zero attached hydrogens (tertiary/aromatic N) is 1. The molecule has 0 unspecified atom stereocenters. The Balaban J connectivity index is 1.96. The minimum absolute atomic E-state index is 0.638. The van der Waals surface area contributed by atoms with Crippen LogP contribution in [0.15, 0.2) is 24.3 Å². The van der Waals surface area contributed by atoms with Gasteiger partial charge in [-0.3, -0.25) is 0 Å². The zero-order valence-corrected chi connectivity index (χ0v) is 8.28. The van der Waals surface area contributed by atoms with E-state index < -0.39 is 0 Å². The Labute approximate surface area is 84.4 Å². The molecule has 1 aromatic rings. The normalized spacial score (nSPS) is 14.5. The molecule has 3 nitrogen and oxygen atoms in total. The van der Waals surface area contributed by atoms with Gasteiger partial charge >= 0.3 is 0 Å². The Kier molecular flexibility index (Phi) is 3.01. The molecular formula is C11H16N2O. The molecule has 0 fully saturated rings. The Morgan fingerprint density at radius 3 is 3.07 bits per heavy atom. The smallest absolute Gasteiger partial charge is 0.0696 e. The van der Waals surface area contributed by atoms with Crippen LogP contribution in [0, 0.1) is 0 Å². The Bertz CT molecular complexity index is 301. The molecule has 14 heavy (non-hydrogen) atoms. The van der Waals surface area contributed by atoms with E-state index in [-0.39, 0.29) is 0 Å². The SMILES string of the molecule is NOCCCN1CCc2ccccc21. The van der Waals surface area contributed by atoms with Gasteiger partial charge in [0.1, 0.15) is 0 Å². The van der Waals surface area contributed by atoms with Gasteiger partial charge in [-0.15, -0.1) is 0 Å². The maximum atomic E-state index is 4.99. The third-order valence-corrected chi connectivity index (χ3v) is 2.67. The number of hydrogen-bond acceptors (Lipinski definition) is 3. The van der Waals surface area contributed by atoms with Crippen molar-refractivity contribution < 1.29 is 4.84 Å². The maximum Gasteiger partial charge on any atom is 0.0696 e. The van der Waals surface area contributed by atoms with Crippen LogP contribution in [0.25, 0.3) is 0 Å². The summed E-state index contributed by atoms with van der Waals surface area (Å²) in [6.07, 6.45) is 2.16. The van der Waals surface area contributed by atoms with Crippen molar-refractivity contribution in [1.29, 1.82) is 0 Å². The van der Waals surface area contributed by atoms with Crippen LogP contribution in [-0.4, -0.2) is 19.7 Å². The van der Waals surface area contributed by atoms with Gasteiger partial charge in [0.25, 0.3) is 0 Å². The van der Waals surface area contributed by atoms with Crippen molar-refractivity contribution in [2.75, 3.05) is 24.6 Å².